The molecule has 2 heterocycles. The van der Waals surface area contributed by atoms with Crippen LogP contribution in [0.4, 0.5) is 0 Å². The first-order chi connectivity index (χ1) is 23.3. The molecule has 0 unspecified atom stereocenters. The molecule has 7 aromatic carbocycles. The van der Waals surface area contributed by atoms with E-state index in [9.17, 15) is 0 Å². The molecular weight excluding hydrogens is 591 g/mol. The van der Waals surface area contributed by atoms with Gasteiger partial charge in [-0.2, -0.15) is 0 Å². The molecule has 0 fully saturated rings. The Balaban J connectivity index is 1.23. The maximum atomic E-state index is 5.19. The van der Waals surface area contributed by atoms with Gasteiger partial charge in [-0.25, -0.2) is 15.0 Å². The number of thiophene rings is 1. The highest BCUT2D eigenvalue weighted by molar-refractivity contribution is 7.25. The van der Waals surface area contributed by atoms with Crippen LogP contribution in [0.2, 0.25) is 0 Å². The Kier molecular flexibility index (Phi) is 6.65. The third-order valence-corrected chi connectivity index (χ3v) is 9.85. The second kappa shape index (κ2) is 11.4. The summed E-state index contributed by atoms with van der Waals surface area (Å²) in [6, 6.07) is 57.5. The Labute approximate surface area is 276 Å². The van der Waals surface area contributed by atoms with Crippen molar-refractivity contribution in [1.82, 2.24) is 15.0 Å². The topological polar surface area (TPSA) is 38.7 Å². The zero-order chi connectivity index (χ0) is 31.2. The third-order valence-electron chi connectivity index (χ3n) is 8.71. The lowest BCUT2D eigenvalue weighted by Crippen LogP contribution is -2.01. The van der Waals surface area contributed by atoms with Crippen LogP contribution >= 0.6 is 11.3 Å². The molecular formula is C43H27N3S. The van der Waals surface area contributed by atoms with Crippen molar-refractivity contribution in [1.29, 1.82) is 0 Å². The zero-order valence-corrected chi connectivity index (χ0v) is 26.2. The minimum atomic E-state index is 0.644. The van der Waals surface area contributed by atoms with Crippen LogP contribution in [0.15, 0.2) is 164 Å². The van der Waals surface area contributed by atoms with Crippen molar-refractivity contribution in [3.05, 3.63) is 164 Å². The Hall–Kier alpha value is -5.97. The van der Waals surface area contributed by atoms with E-state index >= 15 is 0 Å². The summed E-state index contributed by atoms with van der Waals surface area (Å²) in [6.07, 6.45) is 0. The lowest BCUT2D eigenvalue weighted by Gasteiger charge is -2.14. The van der Waals surface area contributed by atoms with Gasteiger partial charge in [0.15, 0.2) is 17.5 Å². The number of hydrogen-bond donors (Lipinski definition) is 0. The van der Waals surface area contributed by atoms with Gasteiger partial charge in [0, 0.05) is 36.9 Å². The number of fused-ring (bicyclic) bond motifs is 4. The monoisotopic (exact) mass is 617 g/mol. The van der Waals surface area contributed by atoms with Crippen molar-refractivity contribution in [3.8, 4) is 56.4 Å². The average molecular weight is 618 g/mol. The summed E-state index contributed by atoms with van der Waals surface area (Å²) in [4.78, 5) is 15.4. The molecule has 0 saturated heterocycles. The molecule has 47 heavy (non-hydrogen) atoms. The highest BCUT2D eigenvalue weighted by Crippen LogP contribution is 2.38. The molecule has 0 aliphatic rings. The smallest absolute Gasteiger partial charge is 0.164 e. The van der Waals surface area contributed by atoms with E-state index in [1.165, 1.54) is 31.1 Å². The van der Waals surface area contributed by atoms with Crippen LogP contribution in [-0.2, 0) is 0 Å². The van der Waals surface area contributed by atoms with Gasteiger partial charge in [-0.3, -0.25) is 0 Å². The summed E-state index contributed by atoms with van der Waals surface area (Å²) in [7, 11) is 0. The van der Waals surface area contributed by atoms with Crippen LogP contribution in [0.1, 0.15) is 0 Å². The molecule has 4 heteroatoms. The van der Waals surface area contributed by atoms with Crippen molar-refractivity contribution >= 4 is 42.3 Å². The first-order valence-corrected chi connectivity index (χ1v) is 16.5. The predicted molar refractivity (Wildman–Crippen MR) is 197 cm³/mol. The quantitative estimate of drug-likeness (QED) is 0.193. The number of nitrogens with zero attached hydrogens (tertiary/aromatic N) is 3. The van der Waals surface area contributed by atoms with Crippen LogP contribution in [0.5, 0.6) is 0 Å². The van der Waals surface area contributed by atoms with E-state index < -0.39 is 0 Å². The molecule has 9 rings (SSSR count). The summed E-state index contributed by atoms with van der Waals surface area (Å²) in [6.45, 7) is 0. The molecule has 220 valence electrons. The number of hydrogen-bond acceptors (Lipinski definition) is 4. The molecule has 0 amide bonds. The van der Waals surface area contributed by atoms with Crippen LogP contribution < -0.4 is 0 Å². The van der Waals surface area contributed by atoms with Crippen LogP contribution in [0.3, 0.4) is 0 Å². The van der Waals surface area contributed by atoms with Gasteiger partial charge in [0.05, 0.1) is 0 Å². The average Bonchev–Trinajstić information content (AvgIpc) is 3.53. The SMILES string of the molecule is c1ccc(-c2nc(-c3cccc(-c4ccc5c(c4)sc4ccccc45)c3)nc(-c3cc4ccccc4cc3-c3ccccc3)n2)cc1. The summed E-state index contributed by atoms with van der Waals surface area (Å²) >= 11 is 1.84. The van der Waals surface area contributed by atoms with E-state index in [1.54, 1.807) is 0 Å². The van der Waals surface area contributed by atoms with Crippen LogP contribution in [0, 0.1) is 0 Å². The highest BCUT2D eigenvalue weighted by Gasteiger charge is 2.17. The molecule has 3 nitrogen and oxygen atoms in total. The summed E-state index contributed by atoms with van der Waals surface area (Å²) in [5.74, 6) is 1.94. The van der Waals surface area contributed by atoms with Gasteiger partial charge in [0.1, 0.15) is 0 Å². The molecule has 0 aliphatic carbocycles. The fourth-order valence-electron chi connectivity index (χ4n) is 6.37. The number of benzene rings is 7. The fourth-order valence-corrected chi connectivity index (χ4v) is 7.51. The van der Waals surface area contributed by atoms with Crippen molar-refractivity contribution < 1.29 is 0 Å². The van der Waals surface area contributed by atoms with Gasteiger partial charge in [0.25, 0.3) is 0 Å². The first kappa shape index (κ1) is 27.3. The molecule has 2 aromatic heterocycles. The van der Waals surface area contributed by atoms with Gasteiger partial charge in [-0.15, -0.1) is 11.3 Å². The lowest BCUT2D eigenvalue weighted by molar-refractivity contribution is 1.07. The van der Waals surface area contributed by atoms with Gasteiger partial charge >= 0.3 is 0 Å². The van der Waals surface area contributed by atoms with Gasteiger partial charge < -0.3 is 0 Å². The molecule has 0 aliphatic heterocycles. The van der Waals surface area contributed by atoms with Crippen molar-refractivity contribution in [2.75, 3.05) is 0 Å². The standard InChI is InChI=1S/C43H27N3S/c1-3-12-28(13-4-1)37-25-31-16-7-8-17-32(31)26-38(37)43-45-41(29-14-5-2-6-15-29)44-42(46-43)34-19-11-18-30(24-34)33-22-23-36-35-20-9-10-21-39(35)47-40(36)27-33/h1-27H. The minimum absolute atomic E-state index is 0.644. The Bertz CT molecular complexity index is 2570. The summed E-state index contributed by atoms with van der Waals surface area (Å²) < 4.78 is 2.59. The normalized spacial score (nSPS) is 11.4. The van der Waals surface area contributed by atoms with Gasteiger partial charge in [-0.1, -0.05) is 133 Å². The number of aromatic nitrogens is 3. The second-order valence-corrected chi connectivity index (χ2v) is 12.8. The Morgan fingerprint density at radius 2 is 0.872 bits per heavy atom. The van der Waals surface area contributed by atoms with Gasteiger partial charge in [-0.05, 0) is 63.4 Å². The minimum Gasteiger partial charge on any atom is -0.208 e. The number of rotatable bonds is 5. The van der Waals surface area contributed by atoms with E-state index in [4.69, 9.17) is 15.0 Å². The highest BCUT2D eigenvalue weighted by atomic mass is 32.1. The molecule has 9 aromatic rings. The second-order valence-electron chi connectivity index (χ2n) is 11.7. The van der Waals surface area contributed by atoms with E-state index in [0.717, 1.165) is 38.8 Å². The van der Waals surface area contributed by atoms with Crippen LogP contribution in [-0.4, -0.2) is 15.0 Å². The lowest BCUT2D eigenvalue weighted by atomic mass is 9.95. The predicted octanol–water partition coefficient (Wildman–Crippen LogP) is 11.7. The molecule has 0 saturated carbocycles. The largest absolute Gasteiger partial charge is 0.208 e. The van der Waals surface area contributed by atoms with E-state index in [2.05, 4.69) is 140 Å². The van der Waals surface area contributed by atoms with Gasteiger partial charge in [0.2, 0.25) is 0 Å². The van der Waals surface area contributed by atoms with E-state index in [0.29, 0.717) is 17.5 Å². The van der Waals surface area contributed by atoms with Crippen LogP contribution in [0.25, 0.3) is 87.4 Å². The summed E-state index contributed by atoms with van der Waals surface area (Å²) in [5.41, 5.74) is 7.38. The molecule has 0 atom stereocenters. The fraction of sp³-hybridized carbons (Fsp3) is 0. The van der Waals surface area contributed by atoms with Crippen molar-refractivity contribution in [2.45, 2.75) is 0 Å². The van der Waals surface area contributed by atoms with E-state index in [1.807, 2.05) is 35.6 Å². The Morgan fingerprint density at radius 1 is 0.319 bits per heavy atom. The third kappa shape index (κ3) is 5.05. The molecule has 0 N–H and O–H groups in total. The van der Waals surface area contributed by atoms with Crippen molar-refractivity contribution in [3.63, 3.8) is 0 Å². The summed E-state index contributed by atoms with van der Waals surface area (Å²) in [5, 5.41) is 4.92. The maximum absolute atomic E-state index is 5.19. The zero-order valence-electron chi connectivity index (χ0n) is 25.3. The Morgan fingerprint density at radius 3 is 1.66 bits per heavy atom. The molecule has 0 spiro atoms. The van der Waals surface area contributed by atoms with Crippen molar-refractivity contribution in [2.24, 2.45) is 0 Å². The maximum Gasteiger partial charge on any atom is 0.164 e. The van der Waals surface area contributed by atoms with E-state index in [-0.39, 0.29) is 0 Å². The molecule has 0 bridgehead atoms. The molecule has 0 radical (unpaired) electrons. The first-order valence-electron chi connectivity index (χ1n) is 15.7.